The van der Waals surface area contributed by atoms with E-state index in [4.69, 9.17) is 9.47 Å². The number of carbonyl (C=O) groups is 2. The number of benzene rings is 1. The lowest BCUT2D eigenvalue weighted by Crippen LogP contribution is -2.60. The van der Waals surface area contributed by atoms with Gasteiger partial charge in [0.2, 0.25) is 12.0 Å². The number of phenols is 1. The molecule has 0 aromatic heterocycles. The van der Waals surface area contributed by atoms with E-state index in [1.807, 2.05) is 0 Å². The number of aliphatic carboxylic acids is 2. The van der Waals surface area contributed by atoms with Crippen LogP contribution < -0.4 is 10.1 Å². The summed E-state index contributed by atoms with van der Waals surface area (Å²) in [4.78, 5) is 22.7. The summed E-state index contributed by atoms with van der Waals surface area (Å²) in [7, 11) is 0. The van der Waals surface area contributed by atoms with Gasteiger partial charge in [-0.25, -0.2) is 9.59 Å². The third-order valence-electron chi connectivity index (χ3n) is 6.28. The normalized spacial score (nSPS) is 32.1. The number of nitrogens with zero attached hydrogens (tertiary/aromatic N) is 1. The van der Waals surface area contributed by atoms with Crippen molar-refractivity contribution in [1.82, 2.24) is 5.32 Å². The van der Waals surface area contributed by atoms with Crippen molar-refractivity contribution in [3.8, 4) is 11.5 Å². The second-order valence-electron chi connectivity index (χ2n) is 8.70. The summed E-state index contributed by atoms with van der Waals surface area (Å²) in [5, 5.41) is 70.9. The van der Waals surface area contributed by atoms with Crippen LogP contribution >= 0.6 is 0 Å². The minimum atomic E-state index is -1.63. The molecule has 3 heterocycles. The topological polar surface area (TPSA) is 209 Å². The average Bonchev–Trinajstić information content (AvgIpc) is 3.24. The van der Waals surface area contributed by atoms with Gasteiger partial charge in [-0.1, -0.05) is 0 Å². The molecule has 1 aromatic rings. The van der Waals surface area contributed by atoms with E-state index in [0.29, 0.717) is 24.2 Å². The van der Waals surface area contributed by atoms with Crippen LogP contribution in [0.4, 0.5) is 5.69 Å². The molecule has 0 bridgehead atoms. The maximum atomic E-state index is 11.4. The Bertz CT molecular complexity index is 1140. The summed E-state index contributed by atoms with van der Waals surface area (Å²) < 4.78 is 12.7. The highest BCUT2D eigenvalue weighted by molar-refractivity contribution is 5.89. The fraction of sp³-hybridized carbons (Fsp3) is 0.435. The smallest absolute Gasteiger partial charge is 0.351 e. The van der Waals surface area contributed by atoms with Crippen molar-refractivity contribution in [2.75, 3.05) is 13.2 Å². The van der Waals surface area contributed by atoms with Gasteiger partial charge in [0.1, 0.15) is 36.2 Å². The van der Waals surface area contributed by atoms with Crippen LogP contribution in [0.1, 0.15) is 12.0 Å². The molecule has 3 aliphatic heterocycles. The molecule has 4 rings (SSSR count). The second-order valence-corrected chi connectivity index (χ2v) is 8.70. The van der Waals surface area contributed by atoms with E-state index < -0.39 is 55.3 Å². The molecule has 194 valence electrons. The Morgan fingerprint density at radius 3 is 2.58 bits per heavy atom. The fourth-order valence-corrected chi connectivity index (χ4v) is 4.30. The number of aromatic hydroxyl groups is 1. The van der Waals surface area contributed by atoms with Gasteiger partial charge in [0.05, 0.1) is 12.7 Å². The van der Waals surface area contributed by atoms with Gasteiger partial charge in [-0.3, -0.25) is 0 Å². The zero-order valence-electron chi connectivity index (χ0n) is 18.9. The standard InChI is InChI=1S/C23H26N2O11/c26-9-17-18(28)19(29)20(30)23(36-17)35-16-7-11-2-4-25(14(11)8-15(16)27)3-1-10-5-12(21(31)32)24-13(6-10)22(33)34/h1,3,5,7-8,13,17-20,23,26,28-30H,2,4,6,9H2,(H3,27,31,32,33,34)/p+1/t13-,17+,18+,19-,20+,23+/m0/s1. The number of hydrogen-bond donors (Lipinski definition) is 8. The number of hydrogen-bond acceptors (Lipinski definition) is 10. The quantitative estimate of drug-likeness (QED) is 0.200. The van der Waals surface area contributed by atoms with Gasteiger partial charge >= 0.3 is 11.9 Å². The van der Waals surface area contributed by atoms with Gasteiger partial charge in [0, 0.05) is 24.5 Å². The van der Waals surface area contributed by atoms with Crippen molar-refractivity contribution in [2.24, 2.45) is 0 Å². The van der Waals surface area contributed by atoms with Gasteiger partial charge in [-0.2, -0.15) is 4.58 Å². The second kappa shape index (κ2) is 10.2. The lowest BCUT2D eigenvalue weighted by atomic mass is 9.99. The third-order valence-corrected chi connectivity index (χ3v) is 6.28. The number of carboxylic acid groups (broad SMARTS) is 2. The Hall–Kier alpha value is -3.49. The number of nitrogens with one attached hydrogen (secondary N) is 1. The number of carboxylic acids is 2. The van der Waals surface area contributed by atoms with Crippen molar-refractivity contribution in [3.63, 3.8) is 0 Å². The first-order valence-electron chi connectivity index (χ1n) is 11.2. The van der Waals surface area contributed by atoms with E-state index in [2.05, 4.69) is 5.32 Å². The molecule has 0 aliphatic carbocycles. The zero-order valence-corrected chi connectivity index (χ0v) is 18.9. The molecule has 1 aromatic carbocycles. The number of aliphatic hydroxyl groups excluding tert-OH is 4. The number of rotatable bonds is 6. The van der Waals surface area contributed by atoms with E-state index >= 15 is 0 Å². The van der Waals surface area contributed by atoms with E-state index in [1.54, 1.807) is 22.9 Å². The molecule has 3 aliphatic rings. The highest BCUT2D eigenvalue weighted by Crippen LogP contribution is 2.38. The molecule has 13 heteroatoms. The Morgan fingerprint density at radius 2 is 1.92 bits per heavy atom. The predicted molar refractivity (Wildman–Crippen MR) is 120 cm³/mol. The molecular formula is C23H27N2O11+. The molecule has 8 N–H and O–H groups in total. The van der Waals surface area contributed by atoms with Crippen molar-refractivity contribution < 1.29 is 59.4 Å². The Morgan fingerprint density at radius 1 is 1.17 bits per heavy atom. The number of aliphatic hydroxyl groups is 4. The number of fused-ring (bicyclic) bond motifs is 1. The Labute approximate surface area is 204 Å². The van der Waals surface area contributed by atoms with Crippen LogP contribution in [0.3, 0.4) is 0 Å². The molecular weight excluding hydrogens is 480 g/mol. The number of allylic oxidation sites excluding steroid dienone is 2. The first kappa shape index (κ1) is 25.6. The van der Waals surface area contributed by atoms with E-state index in [0.717, 1.165) is 5.56 Å². The lowest BCUT2D eigenvalue weighted by molar-refractivity contribution is -0.423. The molecule has 1 saturated heterocycles. The summed E-state index contributed by atoms with van der Waals surface area (Å²) in [6, 6.07) is 1.90. The van der Waals surface area contributed by atoms with Gasteiger partial charge in [-0.15, -0.1) is 0 Å². The molecule has 0 spiro atoms. The molecule has 0 radical (unpaired) electrons. The minimum absolute atomic E-state index is 0.0324. The highest BCUT2D eigenvalue weighted by Gasteiger charge is 2.45. The summed E-state index contributed by atoms with van der Waals surface area (Å²) in [6.45, 7) is -0.105. The van der Waals surface area contributed by atoms with Crippen LogP contribution in [0, 0.1) is 0 Å². The molecule has 36 heavy (non-hydrogen) atoms. The van der Waals surface area contributed by atoms with Gasteiger partial charge < -0.3 is 50.5 Å². The largest absolute Gasteiger partial charge is 0.504 e. The average molecular weight is 507 g/mol. The molecule has 0 unspecified atom stereocenters. The molecule has 0 saturated carbocycles. The van der Waals surface area contributed by atoms with E-state index in [1.165, 1.54) is 12.1 Å². The minimum Gasteiger partial charge on any atom is -0.504 e. The van der Waals surface area contributed by atoms with Crippen LogP contribution in [-0.2, 0) is 20.7 Å². The third kappa shape index (κ3) is 5.05. The maximum Gasteiger partial charge on any atom is 0.351 e. The predicted octanol–water partition coefficient (Wildman–Crippen LogP) is -1.82. The first-order chi connectivity index (χ1) is 17.1. The first-order valence-corrected chi connectivity index (χ1v) is 11.2. The monoisotopic (exact) mass is 507 g/mol. The van der Waals surface area contributed by atoms with Gasteiger partial charge in [0.15, 0.2) is 24.3 Å². The van der Waals surface area contributed by atoms with Crippen molar-refractivity contribution in [3.05, 3.63) is 41.1 Å². The SMILES string of the molecule is O=C(O)C1=CC(=CC=[N+]2CCc3cc(O[C@@H]4O[C@H](CO)[C@@H](O)[C@H](O)[C@H]4O)c(O)cc32)C[C@@H](C(=O)O)N1. The molecule has 6 atom stereocenters. The van der Waals surface area contributed by atoms with Crippen molar-refractivity contribution in [2.45, 2.75) is 49.6 Å². The summed E-state index contributed by atoms with van der Waals surface area (Å²) in [5.74, 6) is -2.76. The Balaban J connectivity index is 1.55. The highest BCUT2D eigenvalue weighted by atomic mass is 16.7. The van der Waals surface area contributed by atoms with Crippen LogP contribution in [0.25, 0.3) is 0 Å². The number of phenolic OH excluding ortho intramolecular Hbond substituents is 1. The van der Waals surface area contributed by atoms with Gasteiger partial charge in [0.25, 0.3) is 0 Å². The maximum absolute atomic E-state index is 11.4. The fourth-order valence-electron chi connectivity index (χ4n) is 4.30. The van der Waals surface area contributed by atoms with Crippen LogP contribution in [0.5, 0.6) is 11.5 Å². The van der Waals surface area contributed by atoms with Crippen molar-refractivity contribution >= 4 is 23.8 Å². The van der Waals surface area contributed by atoms with Crippen molar-refractivity contribution in [1.29, 1.82) is 0 Å². The summed E-state index contributed by atoms with van der Waals surface area (Å²) in [6.07, 6.45) is -2.12. The molecule has 0 amide bonds. The van der Waals surface area contributed by atoms with Crippen LogP contribution in [0.2, 0.25) is 0 Å². The van der Waals surface area contributed by atoms with Gasteiger partial charge in [-0.05, 0) is 17.7 Å². The van der Waals surface area contributed by atoms with E-state index in [-0.39, 0.29) is 23.6 Å². The van der Waals surface area contributed by atoms with Crippen LogP contribution in [0.15, 0.2) is 35.6 Å². The Kier molecular flexibility index (Phi) is 7.28. The summed E-state index contributed by atoms with van der Waals surface area (Å²) >= 11 is 0. The van der Waals surface area contributed by atoms with Crippen LogP contribution in [-0.4, -0.2) is 108 Å². The molecule has 13 nitrogen and oxygen atoms in total. The molecule has 1 fully saturated rings. The van der Waals surface area contributed by atoms with E-state index in [9.17, 15) is 45.3 Å². The summed E-state index contributed by atoms with van der Waals surface area (Å²) in [5.41, 5.74) is 1.69. The number of ether oxygens (including phenoxy) is 2. The lowest BCUT2D eigenvalue weighted by Gasteiger charge is -2.39. The zero-order chi connectivity index (χ0) is 26.1.